The van der Waals surface area contributed by atoms with Gasteiger partial charge in [0.25, 0.3) is 0 Å². The second kappa shape index (κ2) is 5.08. The van der Waals surface area contributed by atoms with Crippen LogP contribution in [0.1, 0.15) is 21.6 Å². The number of carbonyl (C=O) groups is 1. The average molecular weight is 297 g/mol. The molecular weight excluding hydrogens is 286 g/mol. The molecule has 4 nitrogen and oxygen atoms in total. The Morgan fingerprint density at radius 2 is 1.78 bits per heavy atom. The summed E-state index contributed by atoms with van der Waals surface area (Å²) < 4.78 is 1.57. The van der Waals surface area contributed by atoms with E-state index in [0.717, 1.165) is 10.8 Å². The van der Waals surface area contributed by atoms with Crippen LogP contribution in [0.3, 0.4) is 0 Å². The molecule has 4 rings (SSSR count). The molecule has 0 aliphatic carbocycles. The fourth-order valence-corrected chi connectivity index (χ4v) is 2.81. The van der Waals surface area contributed by atoms with Crippen molar-refractivity contribution < 1.29 is 4.79 Å². The Labute approximate surface area is 132 Å². The fraction of sp³-hybridized carbons (Fsp3) is 0. The summed E-state index contributed by atoms with van der Waals surface area (Å²) in [5.74, 6) is -0.148. The summed E-state index contributed by atoms with van der Waals surface area (Å²) in [4.78, 5) is 12.8. The van der Waals surface area contributed by atoms with Crippen molar-refractivity contribution in [2.45, 2.75) is 0 Å². The molecule has 2 heterocycles. The Kier molecular flexibility index (Phi) is 2.92. The van der Waals surface area contributed by atoms with Crippen molar-refractivity contribution in [2.75, 3.05) is 0 Å². The molecule has 0 saturated carbocycles. The van der Waals surface area contributed by atoms with Gasteiger partial charge in [0.15, 0.2) is 0 Å². The highest BCUT2D eigenvalue weighted by Crippen LogP contribution is 2.25. The smallest absolute Gasteiger partial charge is 0.211 e. The third kappa shape index (κ3) is 1.99. The first-order valence-electron chi connectivity index (χ1n) is 7.19. The van der Waals surface area contributed by atoms with E-state index in [4.69, 9.17) is 0 Å². The summed E-state index contributed by atoms with van der Waals surface area (Å²) in [6.45, 7) is 0. The van der Waals surface area contributed by atoms with E-state index in [2.05, 4.69) is 11.2 Å². The molecule has 0 amide bonds. The third-order valence-corrected chi connectivity index (χ3v) is 3.89. The molecule has 0 unspecified atom stereocenters. The number of fused-ring (bicyclic) bond motifs is 3. The number of carbonyl (C=O) groups excluding carboxylic acids is 1. The van der Waals surface area contributed by atoms with E-state index in [1.807, 2.05) is 42.5 Å². The van der Waals surface area contributed by atoms with Gasteiger partial charge in [-0.25, -0.2) is 4.52 Å². The zero-order valence-electron chi connectivity index (χ0n) is 12.1. The van der Waals surface area contributed by atoms with Crippen LogP contribution in [0.25, 0.3) is 16.3 Å². The van der Waals surface area contributed by atoms with Crippen molar-refractivity contribution in [1.29, 1.82) is 5.26 Å². The van der Waals surface area contributed by atoms with Crippen LogP contribution < -0.4 is 0 Å². The molecular formula is C19H11N3O. The quantitative estimate of drug-likeness (QED) is 0.531. The SMILES string of the molecule is N#Cc1cc(C(=O)c2ccccc2)n2ncc3ccccc3c12. The maximum absolute atomic E-state index is 12.8. The molecule has 2 aromatic heterocycles. The van der Waals surface area contributed by atoms with E-state index in [-0.39, 0.29) is 5.78 Å². The largest absolute Gasteiger partial charge is 0.287 e. The van der Waals surface area contributed by atoms with Crippen molar-refractivity contribution in [2.24, 2.45) is 0 Å². The van der Waals surface area contributed by atoms with Crippen LogP contribution in [-0.4, -0.2) is 15.4 Å². The number of hydrogen-bond donors (Lipinski definition) is 0. The Balaban J connectivity index is 2.05. The molecule has 0 bridgehead atoms. The van der Waals surface area contributed by atoms with Gasteiger partial charge in [0, 0.05) is 16.3 Å². The average Bonchev–Trinajstić information content (AvgIpc) is 3.01. The number of nitriles is 1. The molecule has 2 aromatic carbocycles. The van der Waals surface area contributed by atoms with Crippen LogP contribution in [0.15, 0.2) is 66.9 Å². The number of rotatable bonds is 2. The minimum Gasteiger partial charge on any atom is -0.287 e. The van der Waals surface area contributed by atoms with E-state index in [1.54, 1.807) is 28.9 Å². The first kappa shape index (κ1) is 13.2. The molecule has 0 N–H and O–H groups in total. The van der Waals surface area contributed by atoms with Crippen LogP contribution in [0.2, 0.25) is 0 Å². The van der Waals surface area contributed by atoms with E-state index < -0.39 is 0 Å². The monoisotopic (exact) mass is 297 g/mol. The molecule has 0 aliphatic heterocycles. The van der Waals surface area contributed by atoms with Gasteiger partial charge in [-0.3, -0.25) is 4.79 Å². The van der Waals surface area contributed by atoms with Gasteiger partial charge in [-0.15, -0.1) is 0 Å². The van der Waals surface area contributed by atoms with Gasteiger partial charge in [0.1, 0.15) is 11.8 Å². The van der Waals surface area contributed by atoms with E-state index >= 15 is 0 Å². The van der Waals surface area contributed by atoms with Crippen molar-refractivity contribution >= 4 is 22.1 Å². The number of hydrogen-bond acceptors (Lipinski definition) is 3. The molecule has 0 atom stereocenters. The number of nitrogens with zero attached hydrogens (tertiary/aromatic N) is 3. The molecule has 4 aromatic rings. The summed E-state index contributed by atoms with van der Waals surface area (Å²) >= 11 is 0. The predicted octanol–water partition coefficient (Wildman–Crippen LogP) is 3.59. The lowest BCUT2D eigenvalue weighted by atomic mass is 10.1. The van der Waals surface area contributed by atoms with Crippen molar-refractivity contribution in [3.8, 4) is 6.07 Å². The van der Waals surface area contributed by atoms with Gasteiger partial charge in [0.2, 0.25) is 5.78 Å². The van der Waals surface area contributed by atoms with E-state index in [0.29, 0.717) is 22.3 Å². The van der Waals surface area contributed by atoms with Gasteiger partial charge in [-0.05, 0) is 6.07 Å². The molecule has 4 heteroatoms. The van der Waals surface area contributed by atoms with Crippen molar-refractivity contribution in [1.82, 2.24) is 9.61 Å². The Morgan fingerprint density at radius 3 is 2.57 bits per heavy atom. The van der Waals surface area contributed by atoms with E-state index in [1.165, 1.54) is 0 Å². The normalized spacial score (nSPS) is 10.7. The summed E-state index contributed by atoms with van der Waals surface area (Å²) in [5, 5.41) is 15.7. The lowest BCUT2D eigenvalue weighted by Gasteiger charge is -2.04. The predicted molar refractivity (Wildman–Crippen MR) is 87.3 cm³/mol. The molecule has 0 saturated heterocycles. The first-order chi connectivity index (χ1) is 11.3. The highest BCUT2D eigenvalue weighted by molar-refractivity contribution is 6.10. The zero-order chi connectivity index (χ0) is 15.8. The summed E-state index contributed by atoms with van der Waals surface area (Å²) in [5.41, 5.74) is 2.10. The molecule has 23 heavy (non-hydrogen) atoms. The van der Waals surface area contributed by atoms with Crippen LogP contribution in [0, 0.1) is 11.3 Å². The first-order valence-corrected chi connectivity index (χ1v) is 7.19. The van der Waals surface area contributed by atoms with Gasteiger partial charge in [-0.2, -0.15) is 10.4 Å². The molecule has 0 spiro atoms. The highest BCUT2D eigenvalue weighted by atomic mass is 16.1. The minimum absolute atomic E-state index is 0.148. The standard InChI is InChI=1S/C19H11N3O/c20-11-15-10-17(19(23)13-6-2-1-3-7-13)22-18(15)16-9-5-4-8-14(16)12-21-22/h1-10,12H. The second-order valence-corrected chi connectivity index (χ2v) is 5.24. The van der Waals surface area contributed by atoms with Gasteiger partial charge in [0.05, 0.1) is 17.3 Å². The number of ketones is 1. The Morgan fingerprint density at radius 1 is 1.04 bits per heavy atom. The van der Waals surface area contributed by atoms with Crippen LogP contribution in [0.4, 0.5) is 0 Å². The maximum atomic E-state index is 12.8. The lowest BCUT2D eigenvalue weighted by molar-refractivity contribution is 0.103. The topological polar surface area (TPSA) is 58.2 Å². The van der Waals surface area contributed by atoms with Crippen LogP contribution >= 0.6 is 0 Å². The van der Waals surface area contributed by atoms with Crippen LogP contribution in [0.5, 0.6) is 0 Å². The summed E-state index contributed by atoms with van der Waals surface area (Å²) in [6.07, 6.45) is 1.71. The van der Waals surface area contributed by atoms with Gasteiger partial charge >= 0.3 is 0 Å². The maximum Gasteiger partial charge on any atom is 0.211 e. The summed E-state index contributed by atoms with van der Waals surface area (Å²) in [7, 11) is 0. The summed E-state index contributed by atoms with van der Waals surface area (Å²) in [6, 6.07) is 20.5. The Hall–Kier alpha value is -3.45. The zero-order valence-corrected chi connectivity index (χ0v) is 12.1. The molecule has 0 fully saturated rings. The fourth-order valence-electron chi connectivity index (χ4n) is 2.81. The number of benzene rings is 2. The third-order valence-electron chi connectivity index (χ3n) is 3.89. The molecule has 0 aliphatic rings. The van der Waals surface area contributed by atoms with E-state index in [9.17, 15) is 10.1 Å². The number of aromatic nitrogens is 2. The molecule has 108 valence electrons. The second-order valence-electron chi connectivity index (χ2n) is 5.24. The highest BCUT2D eigenvalue weighted by Gasteiger charge is 2.19. The van der Waals surface area contributed by atoms with Crippen molar-refractivity contribution in [3.63, 3.8) is 0 Å². The van der Waals surface area contributed by atoms with Gasteiger partial charge < -0.3 is 0 Å². The molecule has 0 radical (unpaired) electrons. The van der Waals surface area contributed by atoms with Crippen LogP contribution in [-0.2, 0) is 0 Å². The Bertz CT molecular complexity index is 1090. The minimum atomic E-state index is -0.148. The van der Waals surface area contributed by atoms with Gasteiger partial charge in [-0.1, -0.05) is 54.6 Å². The lowest BCUT2D eigenvalue weighted by Crippen LogP contribution is -2.07. The van der Waals surface area contributed by atoms with Crippen molar-refractivity contribution in [3.05, 3.63) is 83.7 Å².